The van der Waals surface area contributed by atoms with Crippen LogP contribution in [0.2, 0.25) is 0 Å². The van der Waals surface area contributed by atoms with E-state index in [4.69, 9.17) is 15.1 Å². The third kappa shape index (κ3) is 10.4. The summed E-state index contributed by atoms with van der Waals surface area (Å²) < 4.78 is 106. The molecule has 8 rings (SSSR count). The van der Waals surface area contributed by atoms with Crippen LogP contribution >= 0.6 is 11.3 Å². The molecular weight excluding hydrogens is 957 g/mol. The van der Waals surface area contributed by atoms with Crippen molar-refractivity contribution in [2.75, 3.05) is 10.6 Å². The van der Waals surface area contributed by atoms with Gasteiger partial charge in [-0.3, -0.25) is 19.1 Å². The molecule has 6 aromatic carbocycles. The van der Waals surface area contributed by atoms with Gasteiger partial charge in [0.1, 0.15) is 29.0 Å². The molecule has 0 fully saturated rings. The van der Waals surface area contributed by atoms with Crippen LogP contribution in [0.15, 0.2) is 156 Å². The number of pyridine rings is 1. The van der Waals surface area contributed by atoms with Crippen LogP contribution in [0.3, 0.4) is 0 Å². The molecule has 0 radical (unpaired) electrons. The third-order valence-electron chi connectivity index (χ3n) is 10.0. The van der Waals surface area contributed by atoms with Gasteiger partial charge < -0.3 is 15.4 Å². The molecule has 2 aromatic heterocycles. The average Bonchev–Trinajstić information content (AvgIpc) is 3.72. The lowest BCUT2D eigenvalue weighted by Crippen LogP contribution is -2.05. The third-order valence-corrected chi connectivity index (χ3v) is 13.5. The normalized spacial score (nSPS) is 12.2. The number of rotatable bonds is 15. The predicted molar refractivity (Wildman–Crippen MR) is 254 cm³/mol. The highest BCUT2D eigenvalue weighted by atomic mass is 32.2. The number of nitriles is 1. The Balaban J connectivity index is 1.23. The first-order valence-corrected chi connectivity index (χ1v) is 24.6. The van der Waals surface area contributed by atoms with Gasteiger partial charge in [-0.1, -0.05) is 59.9 Å². The van der Waals surface area contributed by atoms with E-state index in [1.165, 1.54) is 36.4 Å². The molecule has 0 bridgehead atoms. The first kappa shape index (κ1) is 46.6. The molecule has 0 aliphatic rings. The average molecular weight is 989 g/mol. The molecule has 6 N–H and O–H groups in total. The minimum Gasteiger partial charge on any atom is -0.479 e. The Morgan fingerprint density at radius 2 is 1.34 bits per heavy atom. The van der Waals surface area contributed by atoms with Crippen LogP contribution in [0.4, 0.5) is 44.5 Å². The van der Waals surface area contributed by atoms with Gasteiger partial charge in [-0.2, -0.15) is 30.5 Å². The maximum atomic E-state index is 12.6. The van der Waals surface area contributed by atoms with E-state index in [1.807, 2.05) is 42.5 Å². The van der Waals surface area contributed by atoms with E-state index in [9.17, 15) is 44.2 Å². The summed E-state index contributed by atoms with van der Waals surface area (Å²) in [5, 5.41) is 44.0. The Labute approximate surface area is 391 Å². The second-order valence-electron chi connectivity index (χ2n) is 14.5. The van der Waals surface area contributed by atoms with E-state index < -0.39 is 35.2 Å². The summed E-state index contributed by atoms with van der Waals surface area (Å²) in [6, 6.07) is 32.9. The van der Waals surface area contributed by atoms with Crippen molar-refractivity contribution in [3.05, 3.63) is 138 Å². The number of nitrogens with zero attached hydrogens (tertiary/aromatic N) is 7. The number of aromatic nitrogens is 2. The second-order valence-corrected chi connectivity index (χ2v) is 19.7. The summed E-state index contributed by atoms with van der Waals surface area (Å²) in [6.07, 6.45) is 0.756. The van der Waals surface area contributed by atoms with Gasteiger partial charge in [0.15, 0.2) is 23.0 Å². The molecule has 24 heteroatoms. The topological polar surface area (TPSA) is 319 Å². The van der Waals surface area contributed by atoms with Crippen LogP contribution in [-0.2, 0) is 41.7 Å². The SMILES string of the molecule is Cc1c(C#N)c(Nc2ccc(S(=O)(=O)O)cc2)nc(Nc2ccc(S(=O)(=O)O)cc2)c1N=Nc1nc(-c2ccc3ccccc3c2)c(N=Nc2cc(S(=O)(=O)O)c3cc(COC=N)ccc3c2)s1. The van der Waals surface area contributed by atoms with Gasteiger partial charge in [-0.25, -0.2) is 9.97 Å². The summed E-state index contributed by atoms with van der Waals surface area (Å²) in [7, 11) is -13.8. The van der Waals surface area contributed by atoms with Crippen molar-refractivity contribution in [3.8, 4) is 17.3 Å². The monoisotopic (exact) mass is 988 g/mol. The zero-order valence-corrected chi connectivity index (χ0v) is 38.1. The lowest BCUT2D eigenvalue weighted by atomic mass is 10.1. The van der Waals surface area contributed by atoms with Crippen LogP contribution < -0.4 is 10.6 Å². The number of nitrogens with one attached hydrogen (secondary N) is 3. The Hall–Kier alpha value is -7.89. The summed E-state index contributed by atoms with van der Waals surface area (Å²) in [5.74, 6) is 0.00712. The molecule has 0 unspecified atom stereocenters. The number of thiazole rings is 1. The number of fused-ring (bicyclic) bond motifs is 2. The number of benzene rings is 6. The lowest BCUT2D eigenvalue weighted by Gasteiger charge is -2.16. The van der Waals surface area contributed by atoms with Gasteiger partial charge in [0, 0.05) is 27.9 Å². The van der Waals surface area contributed by atoms with Gasteiger partial charge in [-0.05, 0) is 101 Å². The van der Waals surface area contributed by atoms with Crippen molar-refractivity contribution in [1.29, 1.82) is 10.7 Å². The van der Waals surface area contributed by atoms with Gasteiger partial charge in [0.05, 0.1) is 21.0 Å². The van der Waals surface area contributed by atoms with Gasteiger partial charge in [0.25, 0.3) is 30.4 Å². The number of hydrogen-bond donors (Lipinski definition) is 6. The lowest BCUT2D eigenvalue weighted by molar-refractivity contribution is 0.306. The fraction of sp³-hybridized carbons (Fsp3) is 0.0455. The number of azo groups is 2. The van der Waals surface area contributed by atoms with Crippen LogP contribution in [0.5, 0.6) is 0 Å². The Morgan fingerprint density at radius 1 is 0.706 bits per heavy atom. The summed E-state index contributed by atoms with van der Waals surface area (Å²) in [5.41, 5.74) is 2.45. The predicted octanol–water partition coefficient (Wildman–Crippen LogP) is 10.9. The standard InChI is InChI=1S/C44H32N10O10S4/c1-25-37(22-45)41(47-31-10-14-34(15-11-31)66(55,56)57)50-42(48-32-12-16-35(17-13-32)67(58,59)60)39(25)52-54-44-49-40(30-9-8-27-4-2-3-5-28(27)19-30)43(65-44)53-51-33-20-29-7-6-26(23-64-24-46)18-36(29)38(21-33)68(61,62)63/h2-21,24,46H,23H2,1H3,(H2,47,48,50)(H,55,56,57)(H,58,59,60)(H,61,62,63). The zero-order valence-electron chi connectivity index (χ0n) is 34.8. The van der Waals surface area contributed by atoms with Crippen molar-refractivity contribution in [2.45, 2.75) is 28.2 Å². The van der Waals surface area contributed by atoms with E-state index in [0.29, 0.717) is 27.9 Å². The van der Waals surface area contributed by atoms with Crippen LogP contribution in [0, 0.1) is 23.7 Å². The minimum atomic E-state index is -4.76. The molecule has 0 atom stereocenters. The van der Waals surface area contributed by atoms with Crippen molar-refractivity contribution < 1.29 is 43.6 Å². The molecular formula is C44H32N10O10S4. The molecule has 0 aliphatic carbocycles. The maximum absolute atomic E-state index is 12.6. The molecule has 2 heterocycles. The fourth-order valence-corrected chi connectivity index (χ4v) is 9.23. The van der Waals surface area contributed by atoms with Crippen molar-refractivity contribution >= 4 is 114 Å². The van der Waals surface area contributed by atoms with Crippen molar-refractivity contribution in [1.82, 2.24) is 9.97 Å². The number of ether oxygens (including phenoxy) is 1. The molecule has 0 spiro atoms. The summed E-state index contributed by atoms with van der Waals surface area (Å²) in [4.78, 5) is 8.20. The quantitative estimate of drug-likeness (QED) is 0.0241. The molecule has 342 valence electrons. The molecule has 0 aliphatic heterocycles. The van der Waals surface area contributed by atoms with Crippen molar-refractivity contribution in [2.24, 2.45) is 20.5 Å². The van der Waals surface area contributed by atoms with Gasteiger partial charge in [-0.15, -0.1) is 20.5 Å². The summed E-state index contributed by atoms with van der Waals surface area (Å²) >= 11 is 0.967. The minimum absolute atomic E-state index is 0.000697. The van der Waals surface area contributed by atoms with E-state index in [-0.39, 0.29) is 71.7 Å². The maximum Gasteiger partial charge on any atom is 0.295 e. The van der Waals surface area contributed by atoms with Crippen molar-refractivity contribution in [3.63, 3.8) is 0 Å². The van der Waals surface area contributed by atoms with Crippen LogP contribution in [-0.4, -0.2) is 55.3 Å². The smallest absolute Gasteiger partial charge is 0.295 e. The van der Waals surface area contributed by atoms with E-state index in [1.54, 1.807) is 25.1 Å². The number of hydrogen-bond acceptors (Lipinski definition) is 18. The Kier molecular flexibility index (Phi) is 12.9. The zero-order chi connectivity index (χ0) is 48.4. The summed E-state index contributed by atoms with van der Waals surface area (Å²) in [6.45, 7) is 1.57. The highest BCUT2D eigenvalue weighted by Crippen LogP contribution is 2.43. The van der Waals surface area contributed by atoms with E-state index in [2.05, 4.69) is 42.1 Å². The van der Waals surface area contributed by atoms with Gasteiger partial charge >= 0.3 is 0 Å². The number of anilines is 4. The first-order valence-electron chi connectivity index (χ1n) is 19.5. The highest BCUT2D eigenvalue weighted by molar-refractivity contribution is 7.86. The van der Waals surface area contributed by atoms with E-state index in [0.717, 1.165) is 52.8 Å². The van der Waals surface area contributed by atoms with Crippen LogP contribution in [0.25, 0.3) is 32.8 Å². The Bertz CT molecular complexity index is 3770. The highest BCUT2D eigenvalue weighted by Gasteiger charge is 2.22. The van der Waals surface area contributed by atoms with Crippen LogP contribution in [0.1, 0.15) is 16.7 Å². The molecule has 20 nitrogen and oxygen atoms in total. The molecule has 0 amide bonds. The van der Waals surface area contributed by atoms with E-state index >= 15 is 0 Å². The molecule has 8 aromatic rings. The first-order chi connectivity index (χ1) is 32.4. The molecule has 0 saturated carbocycles. The van der Waals surface area contributed by atoms with Gasteiger partial charge in [0.2, 0.25) is 5.13 Å². The fourth-order valence-electron chi connectivity index (χ4n) is 6.81. The second kappa shape index (κ2) is 18.8. The molecule has 68 heavy (non-hydrogen) atoms. The largest absolute Gasteiger partial charge is 0.479 e. The molecule has 0 saturated heterocycles. The Morgan fingerprint density at radius 3 is 1.96 bits per heavy atom.